The summed E-state index contributed by atoms with van der Waals surface area (Å²) in [6, 6.07) is 13.9. The van der Waals surface area contributed by atoms with Crippen molar-refractivity contribution >= 4 is 5.91 Å². The van der Waals surface area contributed by atoms with Crippen LogP contribution in [-0.4, -0.2) is 24.5 Å². The molecule has 0 aliphatic rings. The first-order valence-electron chi connectivity index (χ1n) is 8.00. The molecule has 1 atom stereocenters. The molecule has 1 unspecified atom stereocenters. The van der Waals surface area contributed by atoms with E-state index in [9.17, 15) is 4.79 Å². The van der Waals surface area contributed by atoms with E-state index in [4.69, 9.17) is 4.74 Å². The molecule has 0 aliphatic heterocycles. The topological polar surface area (TPSA) is 29.5 Å². The Bertz CT molecular complexity index is 694. The molecule has 0 spiro atoms. The van der Waals surface area contributed by atoms with Crippen LogP contribution in [0.1, 0.15) is 46.9 Å². The van der Waals surface area contributed by atoms with Gasteiger partial charge in [-0.15, -0.1) is 0 Å². The van der Waals surface area contributed by atoms with Gasteiger partial charge in [-0.1, -0.05) is 29.8 Å². The summed E-state index contributed by atoms with van der Waals surface area (Å²) in [5, 5.41) is 0. The first-order chi connectivity index (χ1) is 11.0. The van der Waals surface area contributed by atoms with Gasteiger partial charge in [-0.25, -0.2) is 0 Å². The fourth-order valence-electron chi connectivity index (χ4n) is 2.80. The Morgan fingerprint density at radius 1 is 1.17 bits per heavy atom. The molecule has 23 heavy (non-hydrogen) atoms. The Balaban J connectivity index is 2.34. The van der Waals surface area contributed by atoms with E-state index in [0.29, 0.717) is 6.54 Å². The lowest BCUT2D eigenvalue weighted by molar-refractivity contribution is 0.0701. The molecule has 1 amide bonds. The van der Waals surface area contributed by atoms with E-state index < -0.39 is 0 Å². The van der Waals surface area contributed by atoms with E-state index in [0.717, 1.165) is 28.0 Å². The van der Waals surface area contributed by atoms with Crippen molar-refractivity contribution in [1.29, 1.82) is 0 Å². The molecule has 3 heteroatoms. The number of rotatable bonds is 5. The maximum atomic E-state index is 13.0. The molecule has 0 bridgehead atoms. The number of carbonyl (C=O) groups is 1. The molecule has 0 radical (unpaired) electrons. The van der Waals surface area contributed by atoms with Crippen LogP contribution in [0.15, 0.2) is 42.5 Å². The molecule has 2 rings (SSSR count). The largest absolute Gasteiger partial charge is 0.497 e. The van der Waals surface area contributed by atoms with Crippen LogP contribution in [0.4, 0.5) is 0 Å². The molecule has 122 valence electrons. The number of carbonyl (C=O) groups excluding carboxylic acids is 1. The van der Waals surface area contributed by atoms with Gasteiger partial charge >= 0.3 is 0 Å². The van der Waals surface area contributed by atoms with Crippen LogP contribution in [0.2, 0.25) is 0 Å². The lowest BCUT2D eigenvalue weighted by Crippen LogP contribution is -2.34. The van der Waals surface area contributed by atoms with E-state index in [1.54, 1.807) is 7.11 Å². The lowest BCUT2D eigenvalue weighted by Gasteiger charge is -2.29. The minimum Gasteiger partial charge on any atom is -0.497 e. The summed E-state index contributed by atoms with van der Waals surface area (Å²) in [7, 11) is 1.66. The SMILES string of the molecule is CCN(C(=O)c1cc(C)ccc1C)C(C)c1cccc(OC)c1. The Labute approximate surface area is 138 Å². The smallest absolute Gasteiger partial charge is 0.254 e. The van der Waals surface area contributed by atoms with Gasteiger partial charge in [0, 0.05) is 12.1 Å². The maximum absolute atomic E-state index is 13.0. The van der Waals surface area contributed by atoms with Crippen molar-refractivity contribution < 1.29 is 9.53 Å². The van der Waals surface area contributed by atoms with Crippen molar-refractivity contribution in [3.63, 3.8) is 0 Å². The highest BCUT2D eigenvalue weighted by atomic mass is 16.5. The monoisotopic (exact) mass is 311 g/mol. The quantitative estimate of drug-likeness (QED) is 0.811. The van der Waals surface area contributed by atoms with E-state index in [1.165, 1.54) is 0 Å². The van der Waals surface area contributed by atoms with Gasteiger partial charge in [0.15, 0.2) is 0 Å². The minimum absolute atomic E-state index is 0.0116. The molecule has 0 saturated heterocycles. The molecule has 0 fully saturated rings. The average Bonchev–Trinajstić information content (AvgIpc) is 2.57. The molecular weight excluding hydrogens is 286 g/mol. The molecule has 0 saturated carbocycles. The summed E-state index contributed by atoms with van der Waals surface area (Å²) in [6.07, 6.45) is 0. The van der Waals surface area contributed by atoms with Crippen molar-refractivity contribution in [2.24, 2.45) is 0 Å². The van der Waals surface area contributed by atoms with Crippen LogP contribution in [-0.2, 0) is 0 Å². The molecule has 3 nitrogen and oxygen atoms in total. The zero-order valence-electron chi connectivity index (χ0n) is 14.6. The molecule has 0 N–H and O–H groups in total. The summed E-state index contributed by atoms with van der Waals surface area (Å²) in [5.41, 5.74) is 3.97. The first-order valence-corrected chi connectivity index (χ1v) is 8.00. The fraction of sp³-hybridized carbons (Fsp3) is 0.350. The van der Waals surface area contributed by atoms with Crippen molar-refractivity contribution in [1.82, 2.24) is 4.90 Å². The van der Waals surface area contributed by atoms with Crippen molar-refractivity contribution in [2.45, 2.75) is 33.7 Å². The normalized spacial score (nSPS) is 11.9. The summed E-state index contributed by atoms with van der Waals surface area (Å²) in [5.74, 6) is 0.883. The zero-order chi connectivity index (χ0) is 17.0. The van der Waals surface area contributed by atoms with Gasteiger partial charge in [0.1, 0.15) is 5.75 Å². The molecule has 2 aromatic carbocycles. The van der Waals surface area contributed by atoms with Gasteiger partial charge in [0.25, 0.3) is 5.91 Å². The Morgan fingerprint density at radius 3 is 2.57 bits per heavy atom. The maximum Gasteiger partial charge on any atom is 0.254 e. The van der Waals surface area contributed by atoms with Gasteiger partial charge in [-0.2, -0.15) is 0 Å². The summed E-state index contributed by atoms with van der Waals surface area (Å²) >= 11 is 0. The van der Waals surface area contributed by atoms with Crippen LogP contribution >= 0.6 is 0 Å². The molecule has 0 heterocycles. The van der Waals surface area contributed by atoms with Crippen LogP contribution in [0.5, 0.6) is 5.75 Å². The van der Waals surface area contributed by atoms with Gasteiger partial charge < -0.3 is 9.64 Å². The second kappa shape index (κ2) is 7.32. The predicted molar refractivity (Wildman–Crippen MR) is 94.0 cm³/mol. The number of ether oxygens (including phenoxy) is 1. The van der Waals surface area contributed by atoms with Crippen molar-refractivity contribution in [3.8, 4) is 5.75 Å². The van der Waals surface area contributed by atoms with Crippen LogP contribution in [0, 0.1) is 13.8 Å². The van der Waals surface area contributed by atoms with E-state index in [2.05, 4.69) is 6.92 Å². The average molecular weight is 311 g/mol. The summed E-state index contributed by atoms with van der Waals surface area (Å²) in [6.45, 7) is 8.72. The van der Waals surface area contributed by atoms with Crippen molar-refractivity contribution in [3.05, 3.63) is 64.7 Å². The summed E-state index contributed by atoms with van der Waals surface area (Å²) in [4.78, 5) is 14.9. The number of hydrogen-bond donors (Lipinski definition) is 0. The van der Waals surface area contributed by atoms with Crippen LogP contribution in [0.3, 0.4) is 0 Å². The third-order valence-electron chi connectivity index (χ3n) is 4.27. The Hall–Kier alpha value is -2.29. The number of hydrogen-bond acceptors (Lipinski definition) is 2. The first kappa shape index (κ1) is 17.1. The fourth-order valence-corrected chi connectivity index (χ4v) is 2.80. The van der Waals surface area contributed by atoms with E-state index in [1.807, 2.05) is 68.1 Å². The molecular formula is C20H25NO2. The van der Waals surface area contributed by atoms with Crippen LogP contribution in [0.25, 0.3) is 0 Å². The van der Waals surface area contributed by atoms with Gasteiger partial charge in [0.05, 0.1) is 13.2 Å². The highest BCUT2D eigenvalue weighted by Crippen LogP contribution is 2.26. The molecule has 0 aliphatic carbocycles. The summed E-state index contributed by atoms with van der Waals surface area (Å²) < 4.78 is 5.29. The number of amides is 1. The van der Waals surface area contributed by atoms with Crippen LogP contribution < -0.4 is 4.74 Å². The minimum atomic E-state index is -0.0116. The number of nitrogens with zero attached hydrogens (tertiary/aromatic N) is 1. The standard InChI is InChI=1S/C20H25NO2/c1-6-21(16(4)17-8-7-9-18(13-17)23-5)20(22)19-12-14(2)10-11-15(19)3/h7-13,16H,6H2,1-5H3. The Kier molecular flexibility index (Phi) is 5.43. The van der Waals surface area contributed by atoms with Gasteiger partial charge in [0.2, 0.25) is 0 Å². The Morgan fingerprint density at radius 2 is 1.91 bits per heavy atom. The highest BCUT2D eigenvalue weighted by Gasteiger charge is 2.22. The van der Waals surface area contributed by atoms with E-state index >= 15 is 0 Å². The van der Waals surface area contributed by atoms with Gasteiger partial charge in [-0.3, -0.25) is 4.79 Å². The number of methoxy groups -OCH3 is 1. The third kappa shape index (κ3) is 3.73. The second-order valence-electron chi connectivity index (χ2n) is 5.86. The zero-order valence-corrected chi connectivity index (χ0v) is 14.6. The number of benzene rings is 2. The van der Waals surface area contributed by atoms with Crippen molar-refractivity contribution in [2.75, 3.05) is 13.7 Å². The van der Waals surface area contributed by atoms with E-state index in [-0.39, 0.29) is 11.9 Å². The van der Waals surface area contributed by atoms with Gasteiger partial charge in [-0.05, 0) is 57.0 Å². The lowest BCUT2D eigenvalue weighted by atomic mass is 10.0. The third-order valence-corrected chi connectivity index (χ3v) is 4.27. The number of aryl methyl sites for hydroxylation is 2. The molecule has 0 aromatic heterocycles. The molecule has 2 aromatic rings. The predicted octanol–water partition coefficient (Wildman–Crippen LogP) is 4.54. The highest BCUT2D eigenvalue weighted by molar-refractivity contribution is 5.96. The second-order valence-corrected chi connectivity index (χ2v) is 5.86.